The minimum atomic E-state index is -0.584. The summed E-state index contributed by atoms with van der Waals surface area (Å²) in [4.78, 5) is 26.2. The number of amides is 1. The molecule has 0 aliphatic rings. The molecule has 0 aliphatic heterocycles. The van der Waals surface area contributed by atoms with E-state index in [1.807, 2.05) is 75.5 Å². The molecule has 1 N–H and O–H groups in total. The van der Waals surface area contributed by atoms with Crippen LogP contribution in [-0.4, -0.2) is 28.3 Å². The van der Waals surface area contributed by atoms with Crippen LogP contribution in [0.2, 0.25) is 0 Å². The zero-order valence-corrected chi connectivity index (χ0v) is 17.9. The Morgan fingerprint density at radius 1 is 1.10 bits per heavy atom. The predicted octanol–water partition coefficient (Wildman–Crippen LogP) is 4.38. The van der Waals surface area contributed by atoms with Crippen molar-refractivity contribution >= 4 is 35.4 Å². The van der Waals surface area contributed by atoms with E-state index in [0.717, 1.165) is 26.7 Å². The zero-order valence-electron chi connectivity index (χ0n) is 17.1. The van der Waals surface area contributed by atoms with Crippen molar-refractivity contribution in [1.82, 2.24) is 9.78 Å². The Morgan fingerprint density at radius 2 is 1.80 bits per heavy atom. The second-order valence-corrected chi connectivity index (χ2v) is 7.72. The summed E-state index contributed by atoms with van der Waals surface area (Å²) in [6.45, 7) is 3.43. The maximum Gasteiger partial charge on any atom is 0.331 e. The monoisotopic (exact) mass is 421 g/mol. The molecule has 0 atom stereocenters. The lowest BCUT2D eigenvalue weighted by atomic mass is 10.2. The van der Waals surface area contributed by atoms with Crippen LogP contribution in [0.3, 0.4) is 0 Å². The molecule has 0 bridgehead atoms. The summed E-state index contributed by atoms with van der Waals surface area (Å²) in [5.74, 6) is -0.980. The summed E-state index contributed by atoms with van der Waals surface area (Å²) >= 11 is 1.55. The van der Waals surface area contributed by atoms with Gasteiger partial charge in [0, 0.05) is 34.2 Å². The van der Waals surface area contributed by atoms with Gasteiger partial charge in [-0.25, -0.2) is 4.79 Å². The predicted molar refractivity (Wildman–Crippen MR) is 118 cm³/mol. The van der Waals surface area contributed by atoms with E-state index in [1.165, 1.54) is 6.08 Å². The first-order valence-electron chi connectivity index (χ1n) is 9.41. The number of carbonyl (C=O) groups is 2. The Hall–Kier alpha value is -3.32. The smallest absolute Gasteiger partial charge is 0.331 e. The lowest BCUT2D eigenvalue weighted by Gasteiger charge is -2.10. The molecular weight excluding hydrogens is 398 g/mol. The summed E-state index contributed by atoms with van der Waals surface area (Å²) in [7, 11) is 1.84. The number of benzene rings is 2. The summed E-state index contributed by atoms with van der Waals surface area (Å²) in [6.07, 6.45) is 2.97. The number of hydrogen-bond acceptors (Lipinski definition) is 5. The highest BCUT2D eigenvalue weighted by Gasteiger charge is 2.11. The van der Waals surface area contributed by atoms with Crippen LogP contribution in [-0.2, 0) is 21.4 Å². The van der Waals surface area contributed by atoms with Crippen molar-refractivity contribution in [2.24, 2.45) is 7.05 Å². The SMILES string of the molecule is Cc1nn(C)c(C)c1/C=C/C(=O)OCC(=O)Nc1ccccc1Sc1ccccc1. The number of nitrogens with zero attached hydrogens (tertiary/aromatic N) is 2. The first-order valence-corrected chi connectivity index (χ1v) is 10.2. The number of hydrogen-bond donors (Lipinski definition) is 1. The lowest BCUT2D eigenvalue weighted by Crippen LogP contribution is -2.20. The third-order valence-corrected chi connectivity index (χ3v) is 5.51. The van der Waals surface area contributed by atoms with Crippen LogP contribution in [0, 0.1) is 13.8 Å². The van der Waals surface area contributed by atoms with Crippen LogP contribution in [0.5, 0.6) is 0 Å². The van der Waals surface area contributed by atoms with Crippen molar-refractivity contribution in [1.29, 1.82) is 0 Å². The van der Waals surface area contributed by atoms with Gasteiger partial charge in [-0.3, -0.25) is 9.48 Å². The number of ether oxygens (including phenoxy) is 1. The Labute approximate surface area is 179 Å². The molecule has 0 saturated carbocycles. The first-order chi connectivity index (χ1) is 14.4. The van der Waals surface area contributed by atoms with Gasteiger partial charge in [0.2, 0.25) is 0 Å². The average Bonchev–Trinajstić information content (AvgIpc) is 2.98. The number of para-hydroxylation sites is 1. The van der Waals surface area contributed by atoms with E-state index < -0.39 is 11.9 Å². The van der Waals surface area contributed by atoms with E-state index in [-0.39, 0.29) is 6.61 Å². The standard InChI is InChI=1S/C23H23N3O3S/c1-16-19(17(2)26(3)25-16)13-14-23(28)29-15-22(27)24-20-11-7-8-12-21(20)30-18-9-5-4-6-10-18/h4-14H,15H2,1-3H3,(H,24,27)/b14-13+. The Morgan fingerprint density at radius 3 is 2.50 bits per heavy atom. The number of esters is 1. The molecule has 3 rings (SSSR count). The molecule has 0 fully saturated rings. The van der Waals surface area contributed by atoms with Crippen LogP contribution in [0.25, 0.3) is 6.08 Å². The first kappa shape index (κ1) is 21.4. The van der Waals surface area contributed by atoms with Crippen LogP contribution in [0.4, 0.5) is 5.69 Å². The number of aromatic nitrogens is 2. The number of nitrogens with one attached hydrogen (secondary N) is 1. The molecule has 7 heteroatoms. The van der Waals surface area contributed by atoms with Gasteiger partial charge in [0.15, 0.2) is 6.61 Å². The van der Waals surface area contributed by atoms with Gasteiger partial charge >= 0.3 is 5.97 Å². The second kappa shape index (κ2) is 9.93. The van der Waals surface area contributed by atoms with E-state index >= 15 is 0 Å². The molecule has 30 heavy (non-hydrogen) atoms. The molecule has 154 valence electrons. The number of carbonyl (C=O) groups excluding carboxylic acids is 2. The largest absolute Gasteiger partial charge is 0.452 e. The van der Waals surface area contributed by atoms with Crippen LogP contribution < -0.4 is 5.32 Å². The Bertz CT molecular complexity index is 1070. The van der Waals surface area contributed by atoms with Crippen molar-refractivity contribution in [3.63, 3.8) is 0 Å². The van der Waals surface area contributed by atoms with E-state index in [4.69, 9.17) is 4.74 Å². The normalized spacial score (nSPS) is 10.9. The van der Waals surface area contributed by atoms with Gasteiger partial charge in [0.25, 0.3) is 5.91 Å². The van der Waals surface area contributed by atoms with Crippen LogP contribution in [0.15, 0.2) is 70.5 Å². The minimum absolute atomic E-state index is 0.363. The molecule has 0 radical (unpaired) electrons. The molecular formula is C23H23N3O3S. The molecule has 0 saturated heterocycles. The molecule has 3 aromatic rings. The fraction of sp³-hybridized carbons (Fsp3) is 0.174. The maximum atomic E-state index is 12.3. The fourth-order valence-corrected chi connectivity index (χ4v) is 3.75. The third kappa shape index (κ3) is 5.61. The average molecular weight is 422 g/mol. The summed E-state index contributed by atoms with van der Waals surface area (Å²) in [5, 5.41) is 7.10. The number of aryl methyl sites for hydroxylation is 2. The number of anilines is 1. The minimum Gasteiger partial charge on any atom is -0.452 e. The molecule has 2 aromatic carbocycles. The quantitative estimate of drug-likeness (QED) is 0.453. The maximum absolute atomic E-state index is 12.3. The van der Waals surface area contributed by atoms with Crippen molar-refractivity contribution in [2.75, 3.05) is 11.9 Å². The van der Waals surface area contributed by atoms with Gasteiger partial charge < -0.3 is 10.1 Å². The lowest BCUT2D eigenvalue weighted by molar-refractivity contribution is -0.142. The molecule has 6 nitrogen and oxygen atoms in total. The number of rotatable bonds is 7. The zero-order chi connectivity index (χ0) is 21.5. The molecule has 0 unspecified atom stereocenters. The third-order valence-electron chi connectivity index (χ3n) is 4.43. The fourth-order valence-electron chi connectivity index (χ4n) is 2.83. The van der Waals surface area contributed by atoms with Gasteiger partial charge in [-0.2, -0.15) is 5.10 Å². The Balaban J connectivity index is 1.56. The highest BCUT2D eigenvalue weighted by Crippen LogP contribution is 2.33. The van der Waals surface area contributed by atoms with Crippen molar-refractivity contribution < 1.29 is 14.3 Å². The van der Waals surface area contributed by atoms with E-state index in [0.29, 0.717) is 5.69 Å². The van der Waals surface area contributed by atoms with Gasteiger partial charge in [-0.05, 0) is 44.2 Å². The molecule has 1 heterocycles. The summed E-state index contributed by atoms with van der Waals surface area (Å²) in [6, 6.07) is 17.4. The van der Waals surface area contributed by atoms with Crippen LogP contribution >= 0.6 is 11.8 Å². The van der Waals surface area contributed by atoms with Crippen molar-refractivity contribution in [3.8, 4) is 0 Å². The van der Waals surface area contributed by atoms with Crippen molar-refractivity contribution in [2.45, 2.75) is 23.6 Å². The highest BCUT2D eigenvalue weighted by atomic mass is 32.2. The summed E-state index contributed by atoms with van der Waals surface area (Å²) < 4.78 is 6.82. The van der Waals surface area contributed by atoms with Gasteiger partial charge in [0.1, 0.15) is 0 Å². The highest BCUT2D eigenvalue weighted by molar-refractivity contribution is 7.99. The van der Waals surface area contributed by atoms with Crippen LogP contribution in [0.1, 0.15) is 17.0 Å². The molecule has 1 amide bonds. The topological polar surface area (TPSA) is 73.2 Å². The van der Waals surface area contributed by atoms with Gasteiger partial charge in [0.05, 0.1) is 11.4 Å². The Kier molecular flexibility index (Phi) is 7.08. The van der Waals surface area contributed by atoms with E-state index in [1.54, 1.807) is 22.5 Å². The van der Waals surface area contributed by atoms with Gasteiger partial charge in [-0.15, -0.1) is 0 Å². The van der Waals surface area contributed by atoms with Gasteiger partial charge in [-0.1, -0.05) is 42.1 Å². The van der Waals surface area contributed by atoms with E-state index in [2.05, 4.69) is 10.4 Å². The van der Waals surface area contributed by atoms with E-state index in [9.17, 15) is 9.59 Å². The molecule has 1 aromatic heterocycles. The second-order valence-electron chi connectivity index (χ2n) is 6.61. The molecule has 0 spiro atoms. The summed E-state index contributed by atoms with van der Waals surface area (Å²) in [5.41, 5.74) is 3.31. The van der Waals surface area contributed by atoms with Crippen molar-refractivity contribution in [3.05, 3.63) is 77.6 Å². The molecule has 0 aliphatic carbocycles.